The van der Waals surface area contributed by atoms with Gasteiger partial charge in [0.1, 0.15) is 42.4 Å². The van der Waals surface area contributed by atoms with E-state index in [2.05, 4.69) is 11.9 Å². The summed E-state index contributed by atoms with van der Waals surface area (Å²) in [6.07, 6.45) is -9.91. The van der Waals surface area contributed by atoms with Crippen LogP contribution in [0.4, 0.5) is 0 Å². The van der Waals surface area contributed by atoms with Gasteiger partial charge >= 0.3 is 15.2 Å². The van der Waals surface area contributed by atoms with Crippen molar-refractivity contribution >= 4 is 21.1 Å². The summed E-state index contributed by atoms with van der Waals surface area (Å²) in [6, 6.07) is 0. The normalized spacial score (nSPS) is 40.6. The lowest BCUT2D eigenvalue weighted by Crippen LogP contribution is -2.57. The highest BCUT2D eigenvalue weighted by molar-refractivity contribution is 7.66. The van der Waals surface area contributed by atoms with Gasteiger partial charge in [0.2, 0.25) is 0 Å². The number of carbonyl (C=O) groups excluding carboxylic acids is 1. The standard InChI is InChI=1S/C19H32N2O13P2/c1-5-10-13(23)15(25)17(27)19(32-10)33-36(4,29)34-35(3,28)30-8-11-14(24)16(26)18(31-11)21-7-6-12(22)20-9(21)2/h6-7,10-11,13-19,23-27H,2,5,8H2,1,3-4H3,(H,20,22)/t10?,11?,13-,14?,15-,16?,17?,18?,19-,35?,36?/m0/s1. The topological polar surface area (TPSA) is 214 Å². The highest BCUT2D eigenvalue weighted by Gasteiger charge is 2.48. The van der Waals surface area contributed by atoms with Gasteiger partial charge in [-0.3, -0.25) is 18.4 Å². The fraction of sp³-hybridized carbons (Fsp3) is 0.737. The molecule has 2 saturated heterocycles. The lowest BCUT2D eigenvalue weighted by molar-refractivity contribution is -0.273. The largest absolute Gasteiger partial charge is 0.388 e. The molecular formula is C19H32N2O13P2. The third-order valence-electron chi connectivity index (χ3n) is 5.71. The number of nitrogens with one attached hydrogen (secondary N) is 1. The zero-order valence-electron chi connectivity index (χ0n) is 19.8. The van der Waals surface area contributed by atoms with Crippen LogP contribution >= 0.6 is 15.2 Å². The third-order valence-corrected chi connectivity index (χ3v) is 9.30. The molecule has 11 atom stereocenters. The zero-order chi connectivity index (χ0) is 27.0. The second-order valence-electron chi connectivity index (χ2n) is 8.65. The SMILES string of the molecule is C=C1NC(=O)C=CN1C1OC(COP(C)(=O)OP(C)(=O)O[C@@H]2OC(CC)[C@H](O)[C@H](O)C2O)C(O)C1O. The van der Waals surface area contributed by atoms with E-state index >= 15 is 0 Å². The molecule has 0 aromatic rings. The third kappa shape index (κ3) is 6.62. The number of amides is 1. The minimum Gasteiger partial charge on any atom is -0.388 e. The molecule has 0 aromatic heterocycles. The molecular weight excluding hydrogens is 526 g/mol. The molecule has 206 valence electrons. The second-order valence-corrected chi connectivity index (χ2v) is 12.9. The Morgan fingerprint density at radius 3 is 2.25 bits per heavy atom. The van der Waals surface area contributed by atoms with E-state index in [0.717, 1.165) is 13.3 Å². The smallest absolute Gasteiger partial charge is 0.337 e. The molecule has 6 N–H and O–H groups in total. The maximum atomic E-state index is 12.8. The molecule has 2 fully saturated rings. The van der Waals surface area contributed by atoms with Gasteiger partial charge in [-0.05, 0) is 6.42 Å². The van der Waals surface area contributed by atoms with Crippen LogP contribution in [0.1, 0.15) is 13.3 Å². The molecule has 3 heterocycles. The quantitative estimate of drug-likeness (QED) is 0.183. The first-order valence-corrected chi connectivity index (χ1v) is 15.0. The van der Waals surface area contributed by atoms with Gasteiger partial charge in [0, 0.05) is 25.6 Å². The van der Waals surface area contributed by atoms with Gasteiger partial charge in [-0.2, -0.15) is 0 Å². The summed E-state index contributed by atoms with van der Waals surface area (Å²) in [5, 5.41) is 53.1. The van der Waals surface area contributed by atoms with Gasteiger partial charge in [-0.1, -0.05) is 13.5 Å². The van der Waals surface area contributed by atoms with E-state index in [-0.39, 0.29) is 12.2 Å². The first-order valence-electron chi connectivity index (χ1n) is 11.0. The number of carbonyl (C=O) groups is 1. The van der Waals surface area contributed by atoms with Crippen LogP contribution < -0.4 is 5.32 Å². The molecule has 0 aromatic carbocycles. The lowest BCUT2D eigenvalue weighted by atomic mass is 9.97. The first kappa shape index (κ1) is 29.4. The van der Waals surface area contributed by atoms with Crippen molar-refractivity contribution in [2.75, 3.05) is 19.9 Å². The molecule has 3 rings (SSSR count). The lowest BCUT2D eigenvalue weighted by Gasteiger charge is -2.40. The van der Waals surface area contributed by atoms with Crippen LogP contribution in [0.5, 0.6) is 0 Å². The fourth-order valence-corrected chi connectivity index (χ4v) is 7.34. The molecule has 36 heavy (non-hydrogen) atoms. The van der Waals surface area contributed by atoms with Crippen molar-refractivity contribution in [3.8, 4) is 0 Å². The summed E-state index contributed by atoms with van der Waals surface area (Å²) in [5.41, 5.74) is 0. The number of ether oxygens (including phenoxy) is 2. The molecule has 0 aliphatic carbocycles. The molecule has 8 unspecified atom stereocenters. The predicted molar refractivity (Wildman–Crippen MR) is 121 cm³/mol. The van der Waals surface area contributed by atoms with Crippen LogP contribution in [0.3, 0.4) is 0 Å². The number of aliphatic hydroxyl groups excluding tert-OH is 5. The van der Waals surface area contributed by atoms with Crippen molar-refractivity contribution in [1.82, 2.24) is 10.2 Å². The minimum absolute atomic E-state index is 0.101. The predicted octanol–water partition coefficient (Wildman–Crippen LogP) is -1.24. The van der Waals surface area contributed by atoms with Crippen LogP contribution in [-0.2, 0) is 36.8 Å². The zero-order valence-corrected chi connectivity index (χ0v) is 21.6. The monoisotopic (exact) mass is 558 g/mol. The maximum absolute atomic E-state index is 12.8. The van der Waals surface area contributed by atoms with Crippen molar-refractivity contribution < 1.29 is 62.3 Å². The van der Waals surface area contributed by atoms with Gasteiger partial charge in [0.15, 0.2) is 12.5 Å². The van der Waals surface area contributed by atoms with E-state index in [1.165, 1.54) is 17.2 Å². The molecule has 0 bridgehead atoms. The van der Waals surface area contributed by atoms with Gasteiger partial charge in [0.05, 0.1) is 12.7 Å². The summed E-state index contributed by atoms with van der Waals surface area (Å²) < 4.78 is 52.0. The van der Waals surface area contributed by atoms with Gasteiger partial charge < -0.3 is 49.7 Å². The van der Waals surface area contributed by atoms with E-state index in [9.17, 15) is 39.5 Å². The second kappa shape index (κ2) is 11.3. The molecule has 17 heteroatoms. The van der Waals surface area contributed by atoms with Gasteiger partial charge in [0.25, 0.3) is 5.91 Å². The van der Waals surface area contributed by atoms with Crippen molar-refractivity contribution in [3.63, 3.8) is 0 Å². The number of aliphatic hydroxyl groups is 5. The van der Waals surface area contributed by atoms with E-state index in [4.69, 9.17) is 22.8 Å². The minimum atomic E-state index is -4.23. The summed E-state index contributed by atoms with van der Waals surface area (Å²) >= 11 is 0. The Hall–Kier alpha value is -1.19. The molecule has 0 radical (unpaired) electrons. The first-order chi connectivity index (χ1) is 16.7. The molecule has 3 aliphatic rings. The Kier molecular flexibility index (Phi) is 9.20. The summed E-state index contributed by atoms with van der Waals surface area (Å²) in [4.78, 5) is 12.7. The average molecular weight is 558 g/mol. The Bertz CT molecular complexity index is 962. The van der Waals surface area contributed by atoms with E-state index in [1.807, 2.05) is 0 Å². The number of nitrogens with zero attached hydrogens (tertiary/aromatic N) is 1. The van der Waals surface area contributed by atoms with Crippen LogP contribution in [0.15, 0.2) is 24.7 Å². The van der Waals surface area contributed by atoms with Crippen LogP contribution in [0.25, 0.3) is 0 Å². The van der Waals surface area contributed by atoms with Crippen LogP contribution in [0.2, 0.25) is 0 Å². The van der Waals surface area contributed by atoms with Crippen molar-refractivity contribution in [2.24, 2.45) is 0 Å². The average Bonchev–Trinajstić information content (AvgIpc) is 3.06. The Balaban J connectivity index is 1.58. The van der Waals surface area contributed by atoms with E-state index in [0.29, 0.717) is 0 Å². The number of hydrogen-bond acceptors (Lipinski definition) is 14. The Morgan fingerprint density at radius 2 is 1.64 bits per heavy atom. The molecule has 0 spiro atoms. The maximum Gasteiger partial charge on any atom is 0.337 e. The van der Waals surface area contributed by atoms with Crippen molar-refractivity contribution in [2.45, 2.75) is 68.6 Å². The van der Waals surface area contributed by atoms with Gasteiger partial charge in [-0.25, -0.2) is 4.31 Å². The summed E-state index contributed by atoms with van der Waals surface area (Å²) in [7, 11) is -8.36. The van der Waals surface area contributed by atoms with Crippen molar-refractivity contribution in [1.29, 1.82) is 0 Å². The van der Waals surface area contributed by atoms with E-state index < -0.39 is 83.0 Å². The van der Waals surface area contributed by atoms with E-state index in [1.54, 1.807) is 6.92 Å². The highest BCUT2D eigenvalue weighted by atomic mass is 31.3. The molecule has 15 nitrogen and oxygen atoms in total. The fourth-order valence-electron chi connectivity index (χ4n) is 3.87. The van der Waals surface area contributed by atoms with Gasteiger partial charge in [-0.15, -0.1) is 0 Å². The molecule has 0 saturated carbocycles. The number of hydrogen-bond donors (Lipinski definition) is 6. The highest BCUT2D eigenvalue weighted by Crippen LogP contribution is 2.62. The summed E-state index contributed by atoms with van der Waals surface area (Å²) in [5.74, 6) is -0.328. The molecule has 1 amide bonds. The Morgan fingerprint density at radius 1 is 1.00 bits per heavy atom. The number of rotatable bonds is 9. The molecule has 3 aliphatic heterocycles. The van der Waals surface area contributed by atoms with Crippen molar-refractivity contribution in [3.05, 3.63) is 24.7 Å². The summed E-state index contributed by atoms with van der Waals surface area (Å²) in [6.45, 7) is 6.68. The van der Waals surface area contributed by atoms with Crippen LogP contribution in [0, 0.1) is 0 Å². The van der Waals surface area contributed by atoms with Crippen LogP contribution in [-0.4, -0.2) is 112 Å². The Labute approximate surface area is 207 Å².